The van der Waals surface area contributed by atoms with Gasteiger partial charge in [0, 0.05) is 12.6 Å². The van der Waals surface area contributed by atoms with E-state index in [0.29, 0.717) is 12.4 Å². The predicted molar refractivity (Wildman–Crippen MR) is 66.9 cm³/mol. The Hall–Kier alpha value is -2.15. The fraction of sp³-hybridized carbons (Fsp3) is 0.100. The number of aromatic nitrogens is 1. The average Bonchev–Trinajstić information content (AvgIpc) is 2.78. The summed E-state index contributed by atoms with van der Waals surface area (Å²) in [5.41, 5.74) is 6.44. The molecule has 2 aromatic heterocycles. The van der Waals surface area contributed by atoms with Crippen LogP contribution in [0.4, 0.5) is 17.3 Å². The first kappa shape index (κ1) is 11.3. The van der Waals surface area contributed by atoms with Gasteiger partial charge in [-0.1, -0.05) is 0 Å². The zero-order valence-electron chi connectivity index (χ0n) is 8.79. The van der Waals surface area contributed by atoms with Gasteiger partial charge in [-0.25, -0.2) is 4.98 Å². The van der Waals surface area contributed by atoms with Gasteiger partial charge >= 0.3 is 5.69 Å². The third kappa shape index (κ3) is 2.70. The monoisotopic (exact) mass is 250 g/mol. The first-order valence-corrected chi connectivity index (χ1v) is 5.77. The SMILES string of the molecule is Nc1nc(NCc2ccsc2)ccc1[N+](=O)[O-]. The smallest absolute Gasteiger partial charge is 0.311 e. The summed E-state index contributed by atoms with van der Waals surface area (Å²) in [6, 6.07) is 4.88. The maximum atomic E-state index is 10.5. The highest BCUT2D eigenvalue weighted by molar-refractivity contribution is 7.07. The molecular weight excluding hydrogens is 240 g/mol. The number of hydrogen-bond acceptors (Lipinski definition) is 6. The Morgan fingerprint density at radius 1 is 1.47 bits per heavy atom. The van der Waals surface area contributed by atoms with Gasteiger partial charge in [0.15, 0.2) is 0 Å². The predicted octanol–water partition coefficient (Wildman–Crippen LogP) is 2.25. The Morgan fingerprint density at radius 2 is 2.29 bits per heavy atom. The lowest BCUT2D eigenvalue weighted by molar-refractivity contribution is -0.384. The van der Waals surface area contributed by atoms with Crippen molar-refractivity contribution in [2.45, 2.75) is 6.54 Å². The van der Waals surface area contributed by atoms with Crippen LogP contribution in [0, 0.1) is 10.1 Å². The fourth-order valence-electron chi connectivity index (χ4n) is 1.31. The Morgan fingerprint density at radius 3 is 2.88 bits per heavy atom. The quantitative estimate of drug-likeness (QED) is 0.641. The molecule has 0 atom stereocenters. The maximum absolute atomic E-state index is 10.5. The van der Waals surface area contributed by atoms with Crippen molar-refractivity contribution in [1.82, 2.24) is 4.98 Å². The molecule has 0 bridgehead atoms. The third-order valence-corrected chi connectivity index (χ3v) is 2.88. The van der Waals surface area contributed by atoms with Gasteiger partial charge in [-0.2, -0.15) is 11.3 Å². The Balaban J connectivity index is 2.07. The molecule has 7 heteroatoms. The molecule has 0 radical (unpaired) electrons. The number of nitrogen functional groups attached to an aromatic ring is 1. The summed E-state index contributed by atoms with van der Waals surface area (Å²) >= 11 is 1.61. The van der Waals surface area contributed by atoms with Crippen molar-refractivity contribution >= 4 is 28.7 Å². The number of rotatable bonds is 4. The average molecular weight is 250 g/mol. The zero-order chi connectivity index (χ0) is 12.3. The summed E-state index contributed by atoms with van der Waals surface area (Å²) in [6.07, 6.45) is 0. The second-order valence-electron chi connectivity index (χ2n) is 3.34. The maximum Gasteiger partial charge on any atom is 0.311 e. The van der Waals surface area contributed by atoms with Crippen molar-refractivity contribution in [2.75, 3.05) is 11.1 Å². The van der Waals surface area contributed by atoms with Gasteiger partial charge in [0.1, 0.15) is 5.82 Å². The van der Waals surface area contributed by atoms with Gasteiger partial charge in [-0.15, -0.1) is 0 Å². The number of nitrogens with zero attached hydrogens (tertiary/aromatic N) is 2. The van der Waals surface area contributed by atoms with Crippen molar-refractivity contribution in [3.8, 4) is 0 Å². The second-order valence-corrected chi connectivity index (χ2v) is 4.12. The van der Waals surface area contributed by atoms with E-state index in [1.54, 1.807) is 17.4 Å². The first-order valence-electron chi connectivity index (χ1n) is 4.82. The fourth-order valence-corrected chi connectivity index (χ4v) is 1.97. The Kier molecular flexibility index (Phi) is 3.20. The zero-order valence-corrected chi connectivity index (χ0v) is 9.61. The highest BCUT2D eigenvalue weighted by Gasteiger charge is 2.12. The molecule has 6 nitrogen and oxygen atoms in total. The summed E-state index contributed by atoms with van der Waals surface area (Å²) in [4.78, 5) is 13.9. The van der Waals surface area contributed by atoms with E-state index in [1.807, 2.05) is 16.8 Å². The minimum atomic E-state index is -0.551. The molecular formula is C10H10N4O2S. The molecule has 0 aliphatic rings. The van der Waals surface area contributed by atoms with E-state index in [-0.39, 0.29) is 11.5 Å². The van der Waals surface area contributed by atoms with E-state index in [4.69, 9.17) is 5.73 Å². The van der Waals surface area contributed by atoms with Gasteiger partial charge in [0.2, 0.25) is 5.82 Å². The first-order chi connectivity index (χ1) is 8.16. The molecule has 2 rings (SSSR count). The molecule has 2 heterocycles. The minimum absolute atomic E-state index is 0.0784. The van der Waals surface area contributed by atoms with Crippen LogP contribution in [-0.2, 0) is 6.54 Å². The molecule has 0 saturated carbocycles. The number of anilines is 2. The van der Waals surface area contributed by atoms with Crippen molar-refractivity contribution in [2.24, 2.45) is 0 Å². The molecule has 0 fully saturated rings. The van der Waals surface area contributed by atoms with Crippen LogP contribution in [0.1, 0.15) is 5.56 Å². The standard InChI is InChI=1S/C10H10N4O2S/c11-10-8(14(15)16)1-2-9(13-10)12-5-7-3-4-17-6-7/h1-4,6H,5H2,(H3,11,12,13). The molecule has 2 aromatic rings. The van der Waals surface area contributed by atoms with Gasteiger partial charge in [-0.3, -0.25) is 10.1 Å². The van der Waals surface area contributed by atoms with Crippen LogP contribution in [0.15, 0.2) is 29.0 Å². The lowest BCUT2D eigenvalue weighted by Gasteiger charge is -2.04. The largest absolute Gasteiger partial charge is 0.378 e. The van der Waals surface area contributed by atoms with Crippen LogP contribution in [-0.4, -0.2) is 9.91 Å². The molecule has 3 N–H and O–H groups in total. The van der Waals surface area contributed by atoms with Gasteiger partial charge in [-0.05, 0) is 28.5 Å². The van der Waals surface area contributed by atoms with E-state index < -0.39 is 4.92 Å². The molecule has 0 spiro atoms. The van der Waals surface area contributed by atoms with Crippen LogP contribution in [0.2, 0.25) is 0 Å². The lowest BCUT2D eigenvalue weighted by atomic mass is 10.3. The number of nitrogens with two attached hydrogens (primary N) is 1. The summed E-state index contributed by atoms with van der Waals surface area (Å²) in [6.45, 7) is 0.619. The van der Waals surface area contributed by atoms with E-state index in [2.05, 4.69) is 10.3 Å². The summed E-state index contributed by atoms with van der Waals surface area (Å²) < 4.78 is 0. The van der Waals surface area contributed by atoms with Crippen LogP contribution >= 0.6 is 11.3 Å². The summed E-state index contributed by atoms with van der Waals surface area (Å²) in [7, 11) is 0. The van der Waals surface area contributed by atoms with E-state index >= 15 is 0 Å². The lowest BCUT2D eigenvalue weighted by Crippen LogP contribution is -2.04. The summed E-state index contributed by atoms with van der Waals surface area (Å²) in [5, 5.41) is 17.6. The molecule has 88 valence electrons. The highest BCUT2D eigenvalue weighted by atomic mass is 32.1. The summed E-state index contributed by atoms with van der Waals surface area (Å²) in [5.74, 6) is 0.449. The van der Waals surface area contributed by atoms with E-state index in [1.165, 1.54) is 6.07 Å². The van der Waals surface area contributed by atoms with Gasteiger partial charge in [0.05, 0.1) is 4.92 Å². The molecule has 0 aromatic carbocycles. The molecule has 0 unspecified atom stereocenters. The topological polar surface area (TPSA) is 94.1 Å². The number of nitrogens with one attached hydrogen (secondary N) is 1. The number of thiophene rings is 1. The van der Waals surface area contributed by atoms with E-state index in [0.717, 1.165) is 5.56 Å². The van der Waals surface area contributed by atoms with Crippen molar-refractivity contribution < 1.29 is 4.92 Å². The molecule has 0 amide bonds. The molecule has 0 aliphatic carbocycles. The number of nitro groups is 1. The van der Waals surface area contributed by atoms with Crippen molar-refractivity contribution in [3.05, 3.63) is 44.6 Å². The molecule has 0 saturated heterocycles. The second kappa shape index (κ2) is 4.79. The Bertz CT molecular complexity index is 527. The van der Waals surface area contributed by atoms with Crippen molar-refractivity contribution in [1.29, 1.82) is 0 Å². The number of hydrogen-bond donors (Lipinski definition) is 2. The highest BCUT2D eigenvalue weighted by Crippen LogP contribution is 2.21. The Labute approximate surface area is 101 Å². The van der Waals surface area contributed by atoms with Crippen LogP contribution in [0.5, 0.6) is 0 Å². The van der Waals surface area contributed by atoms with Crippen molar-refractivity contribution in [3.63, 3.8) is 0 Å². The van der Waals surface area contributed by atoms with Crippen LogP contribution in [0.3, 0.4) is 0 Å². The van der Waals surface area contributed by atoms with Crippen LogP contribution in [0.25, 0.3) is 0 Å². The molecule has 0 aliphatic heterocycles. The van der Waals surface area contributed by atoms with Gasteiger partial charge in [0.25, 0.3) is 0 Å². The third-order valence-electron chi connectivity index (χ3n) is 2.15. The minimum Gasteiger partial charge on any atom is -0.378 e. The van der Waals surface area contributed by atoms with E-state index in [9.17, 15) is 10.1 Å². The molecule has 17 heavy (non-hydrogen) atoms. The van der Waals surface area contributed by atoms with Gasteiger partial charge < -0.3 is 11.1 Å². The number of pyridine rings is 1. The van der Waals surface area contributed by atoms with Crippen LogP contribution < -0.4 is 11.1 Å². The normalized spacial score (nSPS) is 10.1.